The third kappa shape index (κ3) is 3.14. The molecule has 0 unspecified atom stereocenters. The zero-order chi connectivity index (χ0) is 17.2. The van der Waals surface area contributed by atoms with Crippen LogP contribution in [-0.2, 0) is 6.42 Å². The Morgan fingerprint density at radius 3 is 2.80 bits per heavy atom. The van der Waals surface area contributed by atoms with Crippen molar-refractivity contribution >= 4 is 16.8 Å². The molecule has 0 atom stereocenters. The fraction of sp³-hybridized carbons (Fsp3) is 0.350. The Kier molecular flexibility index (Phi) is 4.22. The number of nitrogens with one attached hydrogen (secondary N) is 1. The first kappa shape index (κ1) is 15.8. The molecule has 0 radical (unpaired) electrons. The molecule has 25 heavy (non-hydrogen) atoms. The molecule has 0 spiro atoms. The summed E-state index contributed by atoms with van der Waals surface area (Å²) in [5, 5.41) is 1.06. The second-order valence-corrected chi connectivity index (χ2v) is 6.83. The zero-order valence-corrected chi connectivity index (χ0v) is 14.4. The predicted molar refractivity (Wildman–Crippen MR) is 97.4 cm³/mol. The number of fused-ring (bicyclic) bond motifs is 1. The molecular weight excluding hydrogens is 312 g/mol. The molecule has 1 aliphatic heterocycles. The van der Waals surface area contributed by atoms with Gasteiger partial charge in [0.2, 0.25) is 0 Å². The van der Waals surface area contributed by atoms with Crippen LogP contribution in [0, 0.1) is 12.8 Å². The van der Waals surface area contributed by atoms with Gasteiger partial charge < -0.3 is 9.88 Å². The first-order valence-electron chi connectivity index (χ1n) is 8.83. The van der Waals surface area contributed by atoms with Gasteiger partial charge in [-0.25, -0.2) is 4.98 Å². The summed E-state index contributed by atoms with van der Waals surface area (Å²) in [5.74, 6) is 0.719. The number of aromatic nitrogens is 3. The van der Waals surface area contributed by atoms with Crippen LogP contribution in [-0.4, -0.2) is 38.8 Å². The standard InChI is InChI=1S/C20H22N4O/c1-14-17-4-2-3-5-19(17)22-12-18(14)20(25)24-8-6-15(7-9-24)10-16-11-21-13-23-16/h2-5,11-13,15H,6-10H2,1H3,(H,21,23). The number of hydrogen-bond acceptors (Lipinski definition) is 3. The number of carbonyl (C=O) groups is 1. The van der Waals surface area contributed by atoms with E-state index < -0.39 is 0 Å². The van der Waals surface area contributed by atoms with Crippen LogP contribution in [0.5, 0.6) is 0 Å². The highest BCUT2D eigenvalue weighted by Gasteiger charge is 2.25. The Balaban J connectivity index is 1.46. The minimum Gasteiger partial charge on any atom is -0.348 e. The van der Waals surface area contributed by atoms with Gasteiger partial charge in [0, 0.05) is 36.6 Å². The highest BCUT2D eigenvalue weighted by molar-refractivity contribution is 6.00. The van der Waals surface area contributed by atoms with Crippen LogP contribution in [0.1, 0.15) is 34.5 Å². The lowest BCUT2D eigenvalue weighted by Gasteiger charge is -2.32. The summed E-state index contributed by atoms with van der Waals surface area (Å²) in [5.41, 5.74) is 3.87. The third-order valence-electron chi connectivity index (χ3n) is 5.24. The topological polar surface area (TPSA) is 61.9 Å². The molecule has 1 fully saturated rings. The van der Waals surface area contributed by atoms with Crippen molar-refractivity contribution in [2.24, 2.45) is 5.92 Å². The van der Waals surface area contributed by atoms with Crippen LogP contribution in [0.15, 0.2) is 43.0 Å². The summed E-state index contributed by atoms with van der Waals surface area (Å²) >= 11 is 0. The number of likely N-dealkylation sites (tertiary alicyclic amines) is 1. The minimum atomic E-state index is 0.107. The van der Waals surface area contributed by atoms with Gasteiger partial charge in [-0.15, -0.1) is 0 Å². The van der Waals surface area contributed by atoms with Crippen LogP contribution >= 0.6 is 0 Å². The van der Waals surface area contributed by atoms with Crippen molar-refractivity contribution in [1.82, 2.24) is 19.9 Å². The average molecular weight is 334 g/mol. The molecule has 1 aromatic carbocycles. The van der Waals surface area contributed by atoms with Gasteiger partial charge in [0.1, 0.15) is 0 Å². The Morgan fingerprint density at radius 2 is 2.04 bits per heavy atom. The molecule has 4 rings (SSSR count). The van der Waals surface area contributed by atoms with Gasteiger partial charge >= 0.3 is 0 Å². The largest absolute Gasteiger partial charge is 0.348 e. The number of rotatable bonds is 3. The maximum Gasteiger partial charge on any atom is 0.255 e. The van der Waals surface area contributed by atoms with Crippen molar-refractivity contribution in [2.45, 2.75) is 26.2 Å². The SMILES string of the molecule is Cc1c(C(=O)N2CCC(Cc3cnc[nH]3)CC2)cnc2ccccc12. The van der Waals surface area contributed by atoms with Crippen molar-refractivity contribution in [3.8, 4) is 0 Å². The Labute approximate surface area is 147 Å². The molecule has 1 amide bonds. The number of piperidine rings is 1. The quantitative estimate of drug-likeness (QED) is 0.799. The number of benzene rings is 1. The van der Waals surface area contributed by atoms with Gasteiger partial charge in [-0.3, -0.25) is 9.78 Å². The number of para-hydroxylation sites is 1. The molecule has 0 bridgehead atoms. The molecule has 1 aliphatic rings. The highest BCUT2D eigenvalue weighted by Crippen LogP contribution is 2.25. The Hall–Kier alpha value is -2.69. The summed E-state index contributed by atoms with van der Waals surface area (Å²) in [6.07, 6.45) is 8.43. The molecule has 5 heteroatoms. The van der Waals surface area contributed by atoms with Crippen molar-refractivity contribution in [3.63, 3.8) is 0 Å². The normalized spacial score (nSPS) is 15.6. The van der Waals surface area contributed by atoms with Crippen molar-refractivity contribution < 1.29 is 4.79 Å². The zero-order valence-electron chi connectivity index (χ0n) is 14.4. The number of aryl methyl sites for hydroxylation is 1. The molecule has 2 aromatic heterocycles. The lowest BCUT2D eigenvalue weighted by atomic mass is 9.92. The smallest absolute Gasteiger partial charge is 0.255 e. The monoisotopic (exact) mass is 334 g/mol. The van der Waals surface area contributed by atoms with Crippen molar-refractivity contribution in [3.05, 3.63) is 59.8 Å². The molecule has 1 N–H and O–H groups in total. The fourth-order valence-corrected chi connectivity index (χ4v) is 3.71. The van der Waals surface area contributed by atoms with E-state index in [1.807, 2.05) is 42.3 Å². The van der Waals surface area contributed by atoms with Crippen LogP contribution in [0.4, 0.5) is 0 Å². The number of amides is 1. The van der Waals surface area contributed by atoms with Crippen molar-refractivity contribution in [2.75, 3.05) is 13.1 Å². The van der Waals surface area contributed by atoms with Gasteiger partial charge in [-0.1, -0.05) is 18.2 Å². The lowest BCUT2D eigenvalue weighted by molar-refractivity contribution is 0.0689. The summed E-state index contributed by atoms with van der Waals surface area (Å²) in [6, 6.07) is 7.98. The number of aromatic amines is 1. The van der Waals surface area contributed by atoms with E-state index in [4.69, 9.17) is 0 Å². The average Bonchev–Trinajstić information content (AvgIpc) is 3.15. The predicted octanol–water partition coefficient (Wildman–Crippen LogP) is 3.36. The second kappa shape index (κ2) is 6.67. The van der Waals surface area contributed by atoms with Crippen molar-refractivity contribution in [1.29, 1.82) is 0 Å². The van der Waals surface area contributed by atoms with Gasteiger partial charge in [0.25, 0.3) is 5.91 Å². The van der Waals surface area contributed by atoms with Gasteiger partial charge in [-0.2, -0.15) is 0 Å². The number of hydrogen-bond donors (Lipinski definition) is 1. The third-order valence-corrected chi connectivity index (χ3v) is 5.24. The summed E-state index contributed by atoms with van der Waals surface area (Å²) in [6.45, 7) is 3.63. The first-order valence-corrected chi connectivity index (χ1v) is 8.83. The number of nitrogens with zero attached hydrogens (tertiary/aromatic N) is 3. The Morgan fingerprint density at radius 1 is 1.24 bits per heavy atom. The van der Waals surface area contributed by atoms with E-state index >= 15 is 0 Å². The summed E-state index contributed by atoms with van der Waals surface area (Å²) < 4.78 is 0. The van der Waals surface area contributed by atoms with E-state index in [-0.39, 0.29) is 5.91 Å². The maximum absolute atomic E-state index is 13.0. The van der Waals surface area contributed by atoms with E-state index in [0.717, 1.165) is 54.4 Å². The van der Waals surface area contributed by atoms with E-state index in [2.05, 4.69) is 15.0 Å². The van der Waals surface area contributed by atoms with E-state index in [1.165, 1.54) is 5.69 Å². The van der Waals surface area contributed by atoms with Crippen LogP contribution < -0.4 is 0 Å². The first-order chi connectivity index (χ1) is 12.2. The van der Waals surface area contributed by atoms with Gasteiger partial charge in [0.05, 0.1) is 17.4 Å². The van der Waals surface area contributed by atoms with Crippen LogP contribution in [0.3, 0.4) is 0 Å². The van der Waals surface area contributed by atoms with Crippen LogP contribution in [0.25, 0.3) is 10.9 Å². The molecule has 0 aliphatic carbocycles. The minimum absolute atomic E-state index is 0.107. The second-order valence-electron chi connectivity index (χ2n) is 6.83. The number of carbonyl (C=O) groups excluding carboxylic acids is 1. The Bertz CT molecular complexity index is 880. The lowest BCUT2D eigenvalue weighted by Crippen LogP contribution is -2.39. The molecule has 1 saturated heterocycles. The van der Waals surface area contributed by atoms with E-state index in [1.54, 1.807) is 12.5 Å². The van der Waals surface area contributed by atoms with Gasteiger partial charge in [0.15, 0.2) is 0 Å². The molecule has 5 nitrogen and oxygen atoms in total. The van der Waals surface area contributed by atoms with Crippen LogP contribution in [0.2, 0.25) is 0 Å². The fourth-order valence-electron chi connectivity index (χ4n) is 3.71. The number of imidazole rings is 1. The molecule has 128 valence electrons. The molecular formula is C20H22N4O. The molecule has 3 heterocycles. The van der Waals surface area contributed by atoms with E-state index in [9.17, 15) is 4.79 Å². The molecule has 3 aromatic rings. The van der Waals surface area contributed by atoms with E-state index in [0.29, 0.717) is 5.92 Å². The molecule has 0 saturated carbocycles. The highest BCUT2D eigenvalue weighted by atomic mass is 16.2. The van der Waals surface area contributed by atoms with Gasteiger partial charge in [-0.05, 0) is 43.7 Å². The number of H-pyrrole nitrogens is 1. The summed E-state index contributed by atoms with van der Waals surface area (Å²) in [7, 11) is 0. The summed E-state index contributed by atoms with van der Waals surface area (Å²) in [4.78, 5) is 26.6. The number of pyridine rings is 1. The maximum atomic E-state index is 13.0.